The van der Waals surface area contributed by atoms with Gasteiger partial charge in [-0.3, -0.25) is 5.41 Å². The van der Waals surface area contributed by atoms with Gasteiger partial charge in [0.15, 0.2) is 0 Å². The zero-order valence-electron chi connectivity index (χ0n) is 10.2. The molecule has 5 heteroatoms. The number of hydrogen-bond acceptors (Lipinski definition) is 3. The number of nitrogens with zero attached hydrogens (tertiary/aromatic N) is 1. The monoisotopic (exact) mass is 255 g/mol. The highest BCUT2D eigenvalue weighted by atomic mass is 35.5. The van der Waals surface area contributed by atoms with E-state index in [1.54, 1.807) is 6.07 Å². The van der Waals surface area contributed by atoms with E-state index >= 15 is 0 Å². The highest BCUT2D eigenvalue weighted by Crippen LogP contribution is 2.22. The Labute approximate surface area is 107 Å². The molecule has 0 aliphatic carbocycles. The Bertz CT molecular complexity index is 395. The molecule has 0 atom stereocenters. The lowest BCUT2D eigenvalue weighted by atomic mass is 10.2. The number of hydrogen-bond donors (Lipinski definition) is 2. The third-order valence-corrected chi connectivity index (χ3v) is 2.77. The largest absolute Gasteiger partial charge is 0.384 e. The van der Waals surface area contributed by atoms with E-state index in [0.29, 0.717) is 17.2 Å². The summed E-state index contributed by atoms with van der Waals surface area (Å²) < 4.78 is 5.29. The van der Waals surface area contributed by atoms with Gasteiger partial charge in [-0.05, 0) is 25.1 Å². The van der Waals surface area contributed by atoms with E-state index in [0.717, 1.165) is 18.8 Å². The SMILES string of the molecule is CCOCCN(C)c1ccc(C(=N)N)c(Cl)c1. The summed E-state index contributed by atoms with van der Waals surface area (Å²) in [6.45, 7) is 4.17. The van der Waals surface area contributed by atoms with Crippen molar-refractivity contribution in [2.75, 3.05) is 31.7 Å². The fourth-order valence-corrected chi connectivity index (χ4v) is 1.71. The molecule has 1 aromatic rings. The van der Waals surface area contributed by atoms with Crippen LogP contribution in [0.2, 0.25) is 5.02 Å². The molecule has 0 saturated carbocycles. The van der Waals surface area contributed by atoms with Crippen LogP contribution in [0.25, 0.3) is 0 Å². The minimum atomic E-state index is -0.0153. The zero-order valence-corrected chi connectivity index (χ0v) is 10.9. The Hall–Kier alpha value is -1.26. The van der Waals surface area contributed by atoms with Crippen LogP contribution in [0.15, 0.2) is 18.2 Å². The highest BCUT2D eigenvalue weighted by Gasteiger charge is 2.07. The molecular formula is C12H18ClN3O. The number of rotatable bonds is 6. The predicted octanol–water partition coefficient (Wildman–Crippen LogP) is 2.10. The molecule has 1 aromatic carbocycles. The average molecular weight is 256 g/mol. The summed E-state index contributed by atoms with van der Waals surface area (Å²) in [4.78, 5) is 2.05. The summed E-state index contributed by atoms with van der Waals surface area (Å²) in [5.41, 5.74) is 6.95. The number of likely N-dealkylation sites (N-methyl/N-ethyl adjacent to an activating group) is 1. The van der Waals surface area contributed by atoms with Crippen molar-refractivity contribution >= 4 is 23.1 Å². The van der Waals surface area contributed by atoms with Crippen LogP contribution < -0.4 is 10.6 Å². The van der Waals surface area contributed by atoms with E-state index in [2.05, 4.69) is 0 Å². The molecule has 4 nitrogen and oxygen atoms in total. The fraction of sp³-hybridized carbons (Fsp3) is 0.417. The van der Waals surface area contributed by atoms with Gasteiger partial charge in [-0.25, -0.2) is 0 Å². The van der Waals surface area contributed by atoms with Crippen molar-refractivity contribution in [2.45, 2.75) is 6.92 Å². The molecule has 0 bridgehead atoms. The van der Waals surface area contributed by atoms with Gasteiger partial charge in [-0.1, -0.05) is 11.6 Å². The van der Waals surface area contributed by atoms with Crippen molar-refractivity contribution in [3.05, 3.63) is 28.8 Å². The summed E-state index contributed by atoms with van der Waals surface area (Å²) in [7, 11) is 1.97. The van der Waals surface area contributed by atoms with Gasteiger partial charge >= 0.3 is 0 Å². The first kappa shape index (κ1) is 13.8. The third-order valence-electron chi connectivity index (χ3n) is 2.46. The van der Waals surface area contributed by atoms with Crippen LogP contribution in [-0.2, 0) is 4.74 Å². The maximum absolute atomic E-state index is 7.35. The van der Waals surface area contributed by atoms with Crippen molar-refractivity contribution < 1.29 is 4.74 Å². The number of nitrogens with two attached hydrogens (primary N) is 1. The van der Waals surface area contributed by atoms with Crippen LogP contribution in [0.4, 0.5) is 5.69 Å². The predicted molar refractivity (Wildman–Crippen MR) is 72.2 cm³/mol. The number of nitrogen functional groups attached to an aromatic ring is 1. The minimum Gasteiger partial charge on any atom is -0.384 e. The molecule has 0 aliphatic rings. The van der Waals surface area contributed by atoms with Gasteiger partial charge in [-0.2, -0.15) is 0 Å². The second kappa shape index (κ2) is 6.47. The van der Waals surface area contributed by atoms with Gasteiger partial charge in [0.05, 0.1) is 11.6 Å². The smallest absolute Gasteiger partial charge is 0.124 e. The number of nitrogens with one attached hydrogen (secondary N) is 1. The Morgan fingerprint density at radius 3 is 2.76 bits per heavy atom. The molecule has 0 amide bonds. The second-order valence-electron chi connectivity index (χ2n) is 3.70. The molecule has 3 N–H and O–H groups in total. The summed E-state index contributed by atoms with van der Waals surface area (Å²) in [5.74, 6) is -0.0153. The van der Waals surface area contributed by atoms with Crippen LogP contribution in [-0.4, -0.2) is 32.6 Å². The van der Waals surface area contributed by atoms with Gasteiger partial charge in [0.1, 0.15) is 5.84 Å². The second-order valence-corrected chi connectivity index (χ2v) is 4.10. The van der Waals surface area contributed by atoms with Gasteiger partial charge in [-0.15, -0.1) is 0 Å². The van der Waals surface area contributed by atoms with Crippen molar-refractivity contribution in [1.82, 2.24) is 0 Å². The molecule has 0 spiro atoms. The van der Waals surface area contributed by atoms with E-state index in [1.807, 2.05) is 31.0 Å². The number of benzene rings is 1. The molecule has 0 saturated heterocycles. The van der Waals surface area contributed by atoms with E-state index in [4.69, 9.17) is 27.5 Å². The molecular weight excluding hydrogens is 238 g/mol. The fourth-order valence-electron chi connectivity index (χ4n) is 1.43. The molecule has 0 radical (unpaired) electrons. The molecule has 0 aliphatic heterocycles. The first-order valence-electron chi connectivity index (χ1n) is 5.49. The molecule has 0 fully saturated rings. The molecule has 0 aromatic heterocycles. The summed E-state index contributed by atoms with van der Waals surface area (Å²) in [6.07, 6.45) is 0. The summed E-state index contributed by atoms with van der Waals surface area (Å²) >= 11 is 6.05. The van der Waals surface area contributed by atoms with Gasteiger partial charge in [0.2, 0.25) is 0 Å². The summed E-state index contributed by atoms with van der Waals surface area (Å²) in [5, 5.41) is 7.85. The van der Waals surface area contributed by atoms with Gasteiger partial charge in [0, 0.05) is 31.5 Å². The van der Waals surface area contributed by atoms with E-state index in [1.165, 1.54) is 0 Å². The number of ether oxygens (including phenoxy) is 1. The van der Waals surface area contributed by atoms with Crippen LogP contribution in [0.5, 0.6) is 0 Å². The number of amidine groups is 1. The Morgan fingerprint density at radius 1 is 1.53 bits per heavy atom. The number of anilines is 1. The Morgan fingerprint density at radius 2 is 2.24 bits per heavy atom. The van der Waals surface area contributed by atoms with Crippen molar-refractivity contribution in [1.29, 1.82) is 5.41 Å². The molecule has 1 rings (SSSR count). The lowest BCUT2D eigenvalue weighted by Crippen LogP contribution is -2.22. The van der Waals surface area contributed by atoms with Gasteiger partial charge < -0.3 is 15.4 Å². The zero-order chi connectivity index (χ0) is 12.8. The molecule has 0 unspecified atom stereocenters. The number of halogens is 1. The molecule has 17 heavy (non-hydrogen) atoms. The van der Waals surface area contributed by atoms with E-state index in [-0.39, 0.29) is 5.84 Å². The standard InChI is InChI=1S/C12H18ClN3O/c1-3-17-7-6-16(2)9-4-5-10(12(14)15)11(13)8-9/h4-5,8H,3,6-7H2,1-2H3,(H3,14,15). The first-order valence-corrected chi connectivity index (χ1v) is 5.87. The molecule has 0 heterocycles. The van der Waals surface area contributed by atoms with Gasteiger partial charge in [0.25, 0.3) is 0 Å². The summed E-state index contributed by atoms with van der Waals surface area (Å²) in [6, 6.07) is 5.47. The van der Waals surface area contributed by atoms with E-state index in [9.17, 15) is 0 Å². The van der Waals surface area contributed by atoms with Crippen molar-refractivity contribution in [3.8, 4) is 0 Å². The van der Waals surface area contributed by atoms with Crippen LogP contribution in [0.1, 0.15) is 12.5 Å². The highest BCUT2D eigenvalue weighted by molar-refractivity contribution is 6.34. The lowest BCUT2D eigenvalue weighted by Gasteiger charge is -2.19. The quantitative estimate of drug-likeness (QED) is 0.465. The molecule has 94 valence electrons. The Balaban J connectivity index is 2.72. The first-order chi connectivity index (χ1) is 8.06. The van der Waals surface area contributed by atoms with Crippen LogP contribution in [0, 0.1) is 5.41 Å². The van der Waals surface area contributed by atoms with Crippen LogP contribution >= 0.6 is 11.6 Å². The maximum Gasteiger partial charge on any atom is 0.124 e. The minimum absolute atomic E-state index is 0.0153. The lowest BCUT2D eigenvalue weighted by molar-refractivity contribution is 0.154. The normalized spacial score (nSPS) is 10.3. The topological polar surface area (TPSA) is 62.3 Å². The average Bonchev–Trinajstić information content (AvgIpc) is 2.28. The van der Waals surface area contributed by atoms with E-state index < -0.39 is 0 Å². The Kier molecular flexibility index (Phi) is 5.25. The van der Waals surface area contributed by atoms with Crippen LogP contribution in [0.3, 0.4) is 0 Å². The van der Waals surface area contributed by atoms with Crippen molar-refractivity contribution in [3.63, 3.8) is 0 Å². The van der Waals surface area contributed by atoms with Crippen molar-refractivity contribution in [2.24, 2.45) is 5.73 Å². The maximum atomic E-state index is 7.35. The third kappa shape index (κ3) is 3.91.